The lowest BCUT2D eigenvalue weighted by Crippen LogP contribution is -2.05. The number of cyclic esters (lactones) is 1. The van der Waals surface area contributed by atoms with Crippen LogP contribution in [0.4, 0.5) is 0 Å². The molecule has 0 atom stereocenters. The number of Topliss-reactive ketones (excluding diaryl/α,β-unsaturated/α-hetero) is 1. The van der Waals surface area contributed by atoms with E-state index in [-0.39, 0.29) is 24.4 Å². The summed E-state index contributed by atoms with van der Waals surface area (Å²) in [6, 6.07) is 0. The molecule has 1 rings (SSSR count). The topological polar surface area (TPSA) is 63.6 Å². The van der Waals surface area contributed by atoms with E-state index in [2.05, 4.69) is 11.3 Å². The predicted octanol–water partition coefficient (Wildman–Crippen LogP) is 0.891. The first-order valence-corrected chi connectivity index (χ1v) is 3.90. The molecule has 4 nitrogen and oxygen atoms in total. The van der Waals surface area contributed by atoms with Crippen LogP contribution in [-0.4, -0.2) is 23.5 Å². The van der Waals surface area contributed by atoms with Crippen molar-refractivity contribution in [3.05, 3.63) is 24.0 Å². The highest BCUT2D eigenvalue weighted by atomic mass is 16.5. The minimum Gasteiger partial charge on any atom is -0.511 e. The molecule has 0 aromatic heterocycles. The maximum atomic E-state index is 11.0. The van der Waals surface area contributed by atoms with Gasteiger partial charge < -0.3 is 9.84 Å². The molecule has 13 heavy (non-hydrogen) atoms. The number of hydrogen-bond donors (Lipinski definition) is 1. The molecule has 1 aliphatic rings. The van der Waals surface area contributed by atoms with E-state index in [0.717, 1.165) is 0 Å². The van der Waals surface area contributed by atoms with Gasteiger partial charge in [-0.1, -0.05) is 6.08 Å². The lowest BCUT2D eigenvalue weighted by atomic mass is 10.1. The van der Waals surface area contributed by atoms with Crippen molar-refractivity contribution in [1.29, 1.82) is 0 Å². The number of ether oxygens (including phenoxy) is 1. The summed E-state index contributed by atoms with van der Waals surface area (Å²) < 4.78 is 4.45. The summed E-state index contributed by atoms with van der Waals surface area (Å²) in [5.74, 6) is -1.38. The van der Waals surface area contributed by atoms with Gasteiger partial charge in [-0.2, -0.15) is 0 Å². The largest absolute Gasteiger partial charge is 0.511 e. The first-order chi connectivity index (χ1) is 6.16. The number of aliphatic hydroxyl groups is 1. The van der Waals surface area contributed by atoms with Crippen molar-refractivity contribution in [2.24, 2.45) is 0 Å². The number of hydrogen-bond acceptors (Lipinski definition) is 4. The molecule has 0 spiro atoms. The number of carbonyl (C=O) groups is 2. The number of carbonyl (C=O) groups excluding carboxylic acids is 2. The normalized spacial score (nSPS) is 20.0. The molecule has 0 radical (unpaired) electrons. The van der Waals surface area contributed by atoms with Gasteiger partial charge >= 0.3 is 5.97 Å². The van der Waals surface area contributed by atoms with Crippen LogP contribution < -0.4 is 0 Å². The second-order valence-electron chi connectivity index (χ2n) is 2.65. The van der Waals surface area contributed by atoms with Gasteiger partial charge in [-0.3, -0.25) is 4.79 Å². The monoisotopic (exact) mass is 182 g/mol. The lowest BCUT2D eigenvalue weighted by molar-refractivity contribution is -0.135. The van der Waals surface area contributed by atoms with Gasteiger partial charge in [0.25, 0.3) is 0 Å². The average molecular weight is 182 g/mol. The molecule has 0 unspecified atom stereocenters. The van der Waals surface area contributed by atoms with Gasteiger partial charge in [-0.25, -0.2) is 4.79 Å². The van der Waals surface area contributed by atoms with Crippen LogP contribution in [0.5, 0.6) is 0 Å². The highest BCUT2D eigenvalue weighted by Gasteiger charge is 2.31. The van der Waals surface area contributed by atoms with E-state index >= 15 is 0 Å². The zero-order valence-corrected chi connectivity index (χ0v) is 7.08. The zero-order chi connectivity index (χ0) is 9.84. The SMILES string of the molecule is C=CCCC(O)=C1C(=O)COC1=O. The third kappa shape index (κ3) is 1.96. The van der Waals surface area contributed by atoms with Crippen molar-refractivity contribution in [3.8, 4) is 0 Å². The molecule has 0 aromatic carbocycles. The molecule has 4 heteroatoms. The minimum absolute atomic E-state index is 0.201. The fourth-order valence-electron chi connectivity index (χ4n) is 1.03. The van der Waals surface area contributed by atoms with Crippen LogP contribution in [0.3, 0.4) is 0 Å². The molecule has 1 N–H and O–H groups in total. The second kappa shape index (κ2) is 3.89. The van der Waals surface area contributed by atoms with Crippen LogP contribution in [-0.2, 0) is 14.3 Å². The Hall–Kier alpha value is -1.58. The molecular weight excluding hydrogens is 172 g/mol. The maximum Gasteiger partial charge on any atom is 0.345 e. The zero-order valence-electron chi connectivity index (χ0n) is 7.08. The number of ketones is 1. The van der Waals surface area contributed by atoms with E-state index in [1.54, 1.807) is 6.08 Å². The van der Waals surface area contributed by atoms with Gasteiger partial charge in [0.1, 0.15) is 11.3 Å². The van der Waals surface area contributed by atoms with Crippen LogP contribution in [0.2, 0.25) is 0 Å². The van der Waals surface area contributed by atoms with Crippen molar-refractivity contribution in [1.82, 2.24) is 0 Å². The van der Waals surface area contributed by atoms with Gasteiger partial charge in [0.2, 0.25) is 5.78 Å². The second-order valence-corrected chi connectivity index (χ2v) is 2.65. The van der Waals surface area contributed by atoms with Crippen molar-refractivity contribution >= 4 is 11.8 Å². The highest BCUT2D eigenvalue weighted by molar-refractivity contribution is 6.22. The van der Waals surface area contributed by atoms with Gasteiger partial charge in [0.15, 0.2) is 6.61 Å². The van der Waals surface area contributed by atoms with E-state index in [4.69, 9.17) is 0 Å². The third-order valence-electron chi connectivity index (χ3n) is 1.69. The van der Waals surface area contributed by atoms with Gasteiger partial charge in [0.05, 0.1) is 0 Å². The van der Waals surface area contributed by atoms with E-state index in [1.165, 1.54) is 0 Å². The van der Waals surface area contributed by atoms with E-state index in [9.17, 15) is 14.7 Å². The lowest BCUT2D eigenvalue weighted by Gasteiger charge is -1.97. The number of esters is 1. The average Bonchev–Trinajstić information content (AvgIpc) is 2.42. The Kier molecular flexibility index (Phi) is 2.84. The molecule has 70 valence electrons. The summed E-state index contributed by atoms with van der Waals surface area (Å²) in [6.45, 7) is 3.20. The Bertz CT molecular complexity index is 270. The van der Waals surface area contributed by atoms with Gasteiger partial charge in [-0.15, -0.1) is 6.58 Å². The fraction of sp³-hybridized carbons (Fsp3) is 0.333. The maximum absolute atomic E-state index is 11.0. The van der Waals surface area contributed by atoms with E-state index in [1.807, 2.05) is 0 Å². The summed E-state index contributed by atoms with van der Waals surface area (Å²) in [6.07, 6.45) is 2.37. The van der Waals surface area contributed by atoms with Crippen molar-refractivity contribution in [2.75, 3.05) is 6.61 Å². The molecule has 0 aliphatic carbocycles. The van der Waals surface area contributed by atoms with Crippen LogP contribution in [0.1, 0.15) is 12.8 Å². The van der Waals surface area contributed by atoms with Gasteiger partial charge in [0, 0.05) is 6.42 Å². The molecule has 1 saturated heterocycles. The molecule has 0 saturated carbocycles. The molecule has 1 fully saturated rings. The number of allylic oxidation sites excluding steroid dienone is 2. The van der Waals surface area contributed by atoms with E-state index in [0.29, 0.717) is 6.42 Å². The van der Waals surface area contributed by atoms with Crippen molar-refractivity contribution in [3.63, 3.8) is 0 Å². The Labute approximate surface area is 75.5 Å². The number of rotatable bonds is 3. The smallest absolute Gasteiger partial charge is 0.345 e. The molecule has 0 bridgehead atoms. The minimum atomic E-state index is -0.730. The molecule has 1 heterocycles. The summed E-state index contributed by atoms with van der Waals surface area (Å²) >= 11 is 0. The fourth-order valence-corrected chi connectivity index (χ4v) is 1.03. The highest BCUT2D eigenvalue weighted by Crippen LogP contribution is 2.16. The first kappa shape index (κ1) is 9.51. The molecule has 0 amide bonds. The standard InChI is InChI=1S/C9H10O4/c1-2-3-4-6(10)8-7(11)5-13-9(8)12/h2,10H,1,3-5H2. The van der Waals surface area contributed by atoms with Crippen LogP contribution in [0.25, 0.3) is 0 Å². The molecular formula is C9H10O4. The Morgan fingerprint density at radius 2 is 2.31 bits per heavy atom. The van der Waals surface area contributed by atoms with Crippen molar-refractivity contribution < 1.29 is 19.4 Å². The quantitative estimate of drug-likeness (QED) is 0.231. The van der Waals surface area contributed by atoms with Crippen LogP contribution in [0, 0.1) is 0 Å². The summed E-state index contributed by atoms with van der Waals surface area (Å²) in [5.41, 5.74) is -0.207. The Morgan fingerprint density at radius 3 is 2.77 bits per heavy atom. The Morgan fingerprint density at radius 1 is 1.62 bits per heavy atom. The third-order valence-corrected chi connectivity index (χ3v) is 1.69. The summed E-state index contributed by atoms with van der Waals surface area (Å²) in [7, 11) is 0. The molecule has 0 aromatic rings. The number of aliphatic hydroxyl groups excluding tert-OH is 1. The van der Waals surface area contributed by atoms with E-state index < -0.39 is 11.8 Å². The van der Waals surface area contributed by atoms with Gasteiger partial charge in [-0.05, 0) is 6.42 Å². The van der Waals surface area contributed by atoms with Crippen LogP contribution in [0.15, 0.2) is 24.0 Å². The predicted molar refractivity (Wildman–Crippen MR) is 45.1 cm³/mol. The molecule has 1 aliphatic heterocycles. The van der Waals surface area contributed by atoms with Crippen LogP contribution >= 0.6 is 0 Å². The Balaban J connectivity index is 2.81. The first-order valence-electron chi connectivity index (χ1n) is 3.90. The summed E-state index contributed by atoms with van der Waals surface area (Å²) in [5, 5.41) is 9.33. The summed E-state index contributed by atoms with van der Waals surface area (Å²) in [4.78, 5) is 21.9. The van der Waals surface area contributed by atoms with Crippen molar-refractivity contribution in [2.45, 2.75) is 12.8 Å².